The highest BCUT2D eigenvalue weighted by molar-refractivity contribution is 8.19. The summed E-state index contributed by atoms with van der Waals surface area (Å²) >= 11 is 6.54. The van der Waals surface area contributed by atoms with E-state index in [4.69, 9.17) is 12.2 Å². The number of phenols is 1. The van der Waals surface area contributed by atoms with Crippen molar-refractivity contribution in [3.63, 3.8) is 0 Å². The van der Waals surface area contributed by atoms with Gasteiger partial charge >= 0.3 is 0 Å². The quantitative estimate of drug-likeness (QED) is 0.548. The molecule has 1 fully saturated rings. The first kappa shape index (κ1) is 19.1. The van der Waals surface area contributed by atoms with Crippen molar-refractivity contribution in [1.82, 2.24) is 4.90 Å². The van der Waals surface area contributed by atoms with Crippen LogP contribution in [-0.2, 0) is 4.79 Å². The summed E-state index contributed by atoms with van der Waals surface area (Å²) in [6.45, 7) is 0.393. The SMILES string of the molecule is O=C(CCCN1C(=O)SC(=Cc2ccccc2)C1=S)Nc1cccc(O)c1. The van der Waals surface area contributed by atoms with Gasteiger partial charge in [0.15, 0.2) is 0 Å². The Kier molecular flexibility index (Phi) is 6.26. The number of nitrogens with one attached hydrogen (secondary N) is 1. The molecule has 0 unspecified atom stereocenters. The van der Waals surface area contributed by atoms with Crippen LogP contribution in [0.3, 0.4) is 0 Å². The van der Waals surface area contributed by atoms with Crippen molar-refractivity contribution in [2.24, 2.45) is 0 Å². The van der Waals surface area contributed by atoms with Gasteiger partial charge in [0, 0.05) is 24.7 Å². The number of benzene rings is 2. The molecule has 7 heteroatoms. The number of rotatable bonds is 6. The van der Waals surface area contributed by atoms with E-state index in [0.717, 1.165) is 22.2 Å². The Morgan fingerprint density at radius 2 is 1.96 bits per heavy atom. The number of amides is 2. The Hall–Kier alpha value is -2.64. The molecule has 1 heterocycles. The molecule has 0 spiro atoms. The van der Waals surface area contributed by atoms with Gasteiger partial charge in [0.05, 0.1) is 4.91 Å². The minimum Gasteiger partial charge on any atom is -0.508 e. The molecule has 1 aliphatic heterocycles. The smallest absolute Gasteiger partial charge is 0.291 e. The third-order valence-corrected chi connectivity index (χ3v) is 5.38. The highest BCUT2D eigenvalue weighted by Crippen LogP contribution is 2.33. The molecule has 0 saturated carbocycles. The number of hydrogen-bond donors (Lipinski definition) is 2. The van der Waals surface area contributed by atoms with Crippen molar-refractivity contribution >= 4 is 51.9 Å². The van der Waals surface area contributed by atoms with E-state index in [0.29, 0.717) is 23.6 Å². The van der Waals surface area contributed by atoms with Crippen LogP contribution >= 0.6 is 24.0 Å². The number of hydrogen-bond acceptors (Lipinski definition) is 5. The number of carbonyl (C=O) groups excluding carboxylic acids is 2. The van der Waals surface area contributed by atoms with E-state index in [1.165, 1.54) is 17.0 Å². The summed E-state index contributed by atoms with van der Waals surface area (Å²) in [6.07, 6.45) is 2.65. The van der Waals surface area contributed by atoms with E-state index >= 15 is 0 Å². The van der Waals surface area contributed by atoms with Crippen LogP contribution in [0.5, 0.6) is 5.75 Å². The Balaban J connectivity index is 1.52. The molecule has 2 aromatic rings. The summed E-state index contributed by atoms with van der Waals surface area (Å²) in [6, 6.07) is 16.1. The standard InChI is InChI=1S/C20H18N2O3S2/c23-16-9-4-8-15(13-16)21-18(24)10-5-11-22-19(26)17(27-20(22)25)12-14-6-2-1-3-7-14/h1-4,6-9,12-13,23H,5,10-11H2,(H,21,24). The van der Waals surface area contributed by atoms with Crippen LogP contribution in [0.4, 0.5) is 10.5 Å². The van der Waals surface area contributed by atoms with E-state index in [1.54, 1.807) is 12.1 Å². The molecule has 2 aromatic carbocycles. The molecule has 1 aliphatic rings. The lowest BCUT2D eigenvalue weighted by Gasteiger charge is -2.14. The summed E-state index contributed by atoms with van der Waals surface area (Å²) in [4.78, 5) is 27.0. The van der Waals surface area contributed by atoms with Gasteiger partial charge < -0.3 is 10.4 Å². The first-order valence-corrected chi connectivity index (χ1v) is 9.65. The molecule has 5 nitrogen and oxygen atoms in total. The third kappa shape index (κ3) is 5.18. The number of aromatic hydroxyl groups is 1. The maximum absolute atomic E-state index is 12.2. The summed E-state index contributed by atoms with van der Waals surface area (Å²) in [7, 11) is 0. The monoisotopic (exact) mass is 398 g/mol. The minimum atomic E-state index is -0.175. The summed E-state index contributed by atoms with van der Waals surface area (Å²) in [5.41, 5.74) is 1.53. The average Bonchev–Trinajstić information content (AvgIpc) is 2.90. The van der Waals surface area contributed by atoms with Crippen LogP contribution in [-0.4, -0.2) is 32.7 Å². The first-order valence-electron chi connectivity index (χ1n) is 8.42. The number of carbonyl (C=O) groups is 2. The Bertz CT molecular complexity index is 897. The second-order valence-corrected chi connectivity index (χ2v) is 7.33. The van der Waals surface area contributed by atoms with Crippen LogP contribution in [0.1, 0.15) is 18.4 Å². The largest absolute Gasteiger partial charge is 0.508 e. The van der Waals surface area contributed by atoms with Gasteiger partial charge in [-0.3, -0.25) is 14.5 Å². The highest BCUT2D eigenvalue weighted by Gasteiger charge is 2.31. The maximum Gasteiger partial charge on any atom is 0.291 e. The molecule has 138 valence electrons. The van der Waals surface area contributed by atoms with E-state index in [2.05, 4.69) is 5.32 Å². The Labute approximate surface area is 167 Å². The van der Waals surface area contributed by atoms with Crippen LogP contribution < -0.4 is 5.32 Å². The van der Waals surface area contributed by atoms with Crippen molar-refractivity contribution in [2.45, 2.75) is 12.8 Å². The fourth-order valence-corrected chi connectivity index (χ4v) is 3.89. The van der Waals surface area contributed by atoms with Crippen LogP contribution in [0.2, 0.25) is 0 Å². The van der Waals surface area contributed by atoms with Crippen molar-refractivity contribution < 1.29 is 14.7 Å². The van der Waals surface area contributed by atoms with Gasteiger partial charge in [0.2, 0.25) is 5.91 Å². The topological polar surface area (TPSA) is 69.6 Å². The van der Waals surface area contributed by atoms with Crippen molar-refractivity contribution in [2.75, 3.05) is 11.9 Å². The van der Waals surface area contributed by atoms with Gasteiger partial charge in [-0.2, -0.15) is 0 Å². The predicted octanol–water partition coefficient (Wildman–Crippen LogP) is 4.65. The summed E-state index contributed by atoms with van der Waals surface area (Å²) in [5, 5.41) is 12.0. The van der Waals surface area contributed by atoms with Crippen molar-refractivity contribution in [3.8, 4) is 5.75 Å². The van der Waals surface area contributed by atoms with E-state index in [1.807, 2.05) is 36.4 Å². The second-order valence-electron chi connectivity index (χ2n) is 5.95. The lowest BCUT2D eigenvalue weighted by Crippen LogP contribution is -2.28. The molecule has 3 rings (SSSR count). The van der Waals surface area contributed by atoms with Crippen LogP contribution in [0, 0.1) is 0 Å². The first-order chi connectivity index (χ1) is 13.0. The average molecular weight is 399 g/mol. The van der Waals surface area contributed by atoms with Gasteiger partial charge in [-0.1, -0.05) is 48.6 Å². The summed E-state index contributed by atoms with van der Waals surface area (Å²) < 4.78 is 0. The molecule has 0 atom stereocenters. The molecular formula is C20H18N2O3S2. The van der Waals surface area contributed by atoms with Crippen molar-refractivity contribution in [3.05, 3.63) is 65.1 Å². The van der Waals surface area contributed by atoms with E-state index in [9.17, 15) is 14.7 Å². The Morgan fingerprint density at radius 3 is 2.70 bits per heavy atom. The van der Waals surface area contributed by atoms with Crippen LogP contribution in [0.15, 0.2) is 59.5 Å². The third-order valence-electron chi connectivity index (χ3n) is 3.89. The molecule has 0 bridgehead atoms. The lowest BCUT2D eigenvalue weighted by atomic mass is 10.2. The number of nitrogens with zero attached hydrogens (tertiary/aromatic N) is 1. The van der Waals surface area contributed by atoms with Gasteiger partial charge in [-0.05, 0) is 42.0 Å². The van der Waals surface area contributed by atoms with Crippen LogP contribution in [0.25, 0.3) is 6.08 Å². The number of thioether (sulfide) groups is 1. The highest BCUT2D eigenvalue weighted by atomic mass is 32.2. The molecule has 0 aromatic heterocycles. The Morgan fingerprint density at radius 1 is 1.19 bits per heavy atom. The zero-order chi connectivity index (χ0) is 19.2. The zero-order valence-electron chi connectivity index (χ0n) is 14.4. The number of anilines is 1. The normalized spacial score (nSPS) is 15.4. The van der Waals surface area contributed by atoms with E-state index < -0.39 is 0 Å². The zero-order valence-corrected chi connectivity index (χ0v) is 16.1. The fraction of sp³-hybridized carbons (Fsp3) is 0.150. The molecule has 2 amide bonds. The summed E-state index contributed by atoms with van der Waals surface area (Å²) in [5.74, 6) is -0.0820. The molecule has 0 radical (unpaired) electrons. The molecule has 1 saturated heterocycles. The molecule has 2 N–H and O–H groups in total. The predicted molar refractivity (Wildman–Crippen MR) is 113 cm³/mol. The molecule has 0 aliphatic carbocycles. The second kappa shape index (κ2) is 8.83. The molecule has 27 heavy (non-hydrogen) atoms. The number of phenolic OH excluding ortho intramolecular Hbond substituents is 1. The van der Waals surface area contributed by atoms with Gasteiger partial charge in [-0.25, -0.2) is 0 Å². The van der Waals surface area contributed by atoms with Crippen molar-refractivity contribution in [1.29, 1.82) is 0 Å². The minimum absolute atomic E-state index is 0.0931. The van der Waals surface area contributed by atoms with Gasteiger partial charge in [0.1, 0.15) is 10.7 Å². The van der Waals surface area contributed by atoms with Gasteiger partial charge in [-0.15, -0.1) is 0 Å². The molecular weight excluding hydrogens is 380 g/mol. The number of thiocarbonyl (C=S) groups is 1. The lowest BCUT2D eigenvalue weighted by molar-refractivity contribution is -0.116. The maximum atomic E-state index is 12.2. The van der Waals surface area contributed by atoms with E-state index in [-0.39, 0.29) is 23.3 Å². The fourth-order valence-electron chi connectivity index (χ4n) is 2.60. The van der Waals surface area contributed by atoms with Gasteiger partial charge in [0.25, 0.3) is 5.24 Å².